The van der Waals surface area contributed by atoms with Gasteiger partial charge in [0.25, 0.3) is 5.91 Å². The highest BCUT2D eigenvalue weighted by atomic mass is 35.5. The number of halogens is 1. The van der Waals surface area contributed by atoms with Crippen LogP contribution in [0.15, 0.2) is 72.2 Å². The van der Waals surface area contributed by atoms with Crippen molar-refractivity contribution in [1.29, 1.82) is 0 Å². The molecule has 2 aromatic carbocycles. The summed E-state index contributed by atoms with van der Waals surface area (Å²) in [5.41, 5.74) is 2.29. The van der Waals surface area contributed by atoms with Crippen molar-refractivity contribution in [3.63, 3.8) is 0 Å². The third-order valence-corrected chi connectivity index (χ3v) is 6.48. The predicted molar refractivity (Wildman–Crippen MR) is 144 cm³/mol. The third kappa shape index (κ3) is 6.13. The largest absolute Gasteiger partial charge is 0.497 e. The first-order valence-electron chi connectivity index (χ1n) is 11.5. The van der Waals surface area contributed by atoms with E-state index in [0.29, 0.717) is 33.8 Å². The lowest BCUT2D eigenvalue weighted by Crippen LogP contribution is -2.40. The monoisotopic (exact) mass is 522 g/mol. The zero-order valence-corrected chi connectivity index (χ0v) is 21.8. The second kappa shape index (κ2) is 11.4. The number of carbonyl (C=O) groups is 2. The van der Waals surface area contributed by atoms with Crippen molar-refractivity contribution in [2.45, 2.75) is 13.8 Å². The van der Waals surface area contributed by atoms with Gasteiger partial charge in [0.15, 0.2) is 0 Å². The minimum Gasteiger partial charge on any atom is -0.497 e. The van der Waals surface area contributed by atoms with Gasteiger partial charge in [0.05, 0.1) is 23.4 Å². The van der Waals surface area contributed by atoms with E-state index in [2.05, 4.69) is 5.32 Å². The zero-order chi connectivity index (χ0) is 25.7. The number of benzene rings is 2. The van der Waals surface area contributed by atoms with E-state index in [4.69, 9.17) is 21.3 Å². The van der Waals surface area contributed by atoms with Crippen LogP contribution in [0.25, 0.3) is 16.9 Å². The standard InChI is InChI=1S/C27H27ClN4O3S/c1-18(2)15-31(26(34)24-8-5-13-36-24)17-25(33)30-27-29-23(19-9-11-20(28)12-10-19)16-32(27)21-6-4-7-22(14-21)35-3/h4-14,16,18H,15,17H2,1-3H3,(H,29,30,33). The summed E-state index contributed by atoms with van der Waals surface area (Å²) in [5, 5.41) is 5.38. The average Bonchev–Trinajstić information content (AvgIpc) is 3.54. The molecule has 0 spiro atoms. The summed E-state index contributed by atoms with van der Waals surface area (Å²) in [6.07, 6.45) is 1.84. The summed E-state index contributed by atoms with van der Waals surface area (Å²) in [6.45, 7) is 4.40. The minimum atomic E-state index is -0.335. The zero-order valence-electron chi connectivity index (χ0n) is 20.3. The van der Waals surface area contributed by atoms with Crippen molar-refractivity contribution in [2.75, 3.05) is 25.5 Å². The Morgan fingerprint density at radius 2 is 1.92 bits per heavy atom. The second-order valence-electron chi connectivity index (χ2n) is 8.63. The number of nitrogens with zero attached hydrogens (tertiary/aromatic N) is 3. The number of ether oxygens (including phenoxy) is 1. The van der Waals surface area contributed by atoms with E-state index in [9.17, 15) is 9.59 Å². The van der Waals surface area contributed by atoms with Gasteiger partial charge in [0, 0.05) is 29.4 Å². The molecule has 0 saturated carbocycles. The Morgan fingerprint density at radius 1 is 1.14 bits per heavy atom. The van der Waals surface area contributed by atoms with Crippen LogP contribution in [-0.4, -0.2) is 46.5 Å². The molecule has 36 heavy (non-hydrogen) atoms. The number of hydrogen-bond donors (Lipinski definition) is 1. The maximum atomic E-state index is 13.2. The Bertz CT molecular complexity index is 1330. The Morgan fingerprint density at radius 3 is 2.58 bits per heavy atom. The van der Waals surface area contributed by atoms with Crippen LogP contribution in [-0.2, 0) is 4.79 Å². The summed E-state index contributed by atoms with van der Waals surface area (Å²) in [6, 6.07) is 18.4. The fourth-order valence-corrected chi connectivity index (χ4v) is 4.56. The number of methoxy groups -OCH3 is 1. The molecule has 2 amide bonds. The topological polar surface area (TPSA) is 76.5 Å². The van der Waals surface area contributed by atoms with Gasteiger partial charge in [-0.25, -0.2) is 4.98 Å². The first-order valence-corrected chi connectivity index (χ1v) is 12.7. The molecule has 4 aromatic rings. The van der Waals surface area contributed by atoms with Gasteiger partial charge in [-0.3, -0.25) is 19.5 Å². The quantitative estimate of drug-likeness (QED) is 0.292. The van der Waals surface area contributed by atoms with E-state index < -0.39 is 0 Å². The molecule has 0 aliphatic rings. The van der Waals surface area contributed by atoms with Crippen LogP contribution in [0.2, 0.25) is 5.02 Å². The van der Waals surface area contributed by atoms with Crippen molar-refractivity contribution in [3.05, 3.63) is 82.1 Å². The van der Waals surface area contributed by atoms with Crippen molar-refractivity contribution in [3.8, 4) is 22.7 Å². The molecule has 0 radical (unpaired) electrons. The number of aromatic nitrogens is 2. The highest BCUT2D eigenvalue weighted by Crippen LogP contribution is 2.27. The molecular formula is C27H27ClN4O3S. The lowest BCUT2D eigenvalue weighted by atomic mass is 10.2. The van der Waals surface area contributed by atoms with Crippen LogP contribution < -0.4 is 10.1 Å². The van der Waals surface area contributed by atoms with E-state index in [0.717, 1.165) is 11.3 Å². The minimum absolute atomic E-state index is 0.0871. The molecule has 0 fully saturated rings. The fraction of sp³-hybridized carbons (Fsp3) is 0.222. The molecule has 0 unspecified atom stereocenters. The van der Waals surface area contributed by atoms with Gasteiger partial charge in [-0.05, 0) is 41.6 Å². The van der Waals surface area contributed by atoms with Gasteiger partial charge in [-0.2, -0.15) is 0 Å². The molecule has 2 aromatic heterocycles. The van der Waals surface area contributed by atoms with E-state index in [-0.39, 0.29) is 24.3 Å². The molecule has 1 N–H and O–H groups in total. The summed E-state index contributed by atoms with van der Waals surface area (Å²) < 4.78 is 7.16. The SMILES string of the molecule is COc1cccc(-n2cc(-c3ccc(Cl)cc3)nc2NC(=O)CN(CC(C)C)C(=O)c2cccs2)c1. The number of hydrogen-bond acceptors (Lipinski definition) is 5. The third-order valence-electron chi connectivity index (χ3n) is 5.37. The normalized spacial score (nSPS) is 10.9. The number of amides is 2. The summed E-state index contributed by atoms with van der Waals surface area (Å²) >= 11 is 7.41. The lowest BCUT2D eigenvalue weighted by molar-refractivity contribution is -0.117. The van der Waals surface area contributed by atoms with E-state index >= 15 is 0 Å². The Labute approximate surface area is 219 Å². The lowest BCUT2D eigenvalue weighted by Gasteiger charge is -2.23. The molecule has 0 saturated heterocycles. The number of nitrogens with one attached hydrogen (secondary N) is 1. The number of carbonyl (C=O) groups excluding carboxylic acids is 2. The van der Waals surface area contributed by atoms with Gasteiger partial charge in [-0.1, -0.05) is 49.7 Å². The summed E-state index contributed by atoms with van der Waals surface area (Å²) in [7, 11) is 1.60. The maximum absolute atomic E-state index is 13.2. The van der Waals surface area contributed by atoms with Crippen molar-refractivity contribution < 1.29 is 14.3 Å². The maximum Gasteiger partial charge on any atom is 0.264 e. The van der Waals surface area contributed by atoms with E-state index in [1.165, 1.54) is 11.3 Å². The second-order valence-corrected chi connectivity index (χ2v) is 10.0. The molecule has 2 heterocycles. The predicted octanol–water partition coefficient (Wildman–Crippen LogP) is 6.00. The van der Waals surface area contributed by atoms with Crippen molar-refractivity contribution in [2.24, 2.45) is 5.92 Å². The van der Waals surface area contributed by atoms with Gasteiger partial charge < -0.3 is 9.64 Å². The number of thiophene rings is 1. The van der Waals surface area contributed by atoms with Gasteiger partial charge in [0.1, 0.15) is 12.3 Å². The molecule has 0 bridgehead atoms. The van der Waals surface area contributed by atoms with Gasteiger partial charge in [-0.15, -0.1) is 11.3 Å². The van der Waals surface area contributed by atoms with Crippen LogP contribution in [0.5, 0.6) is 5.75 Å². The molecule has 7 nitrogen and oxygen atoms in total. The van der Waals surface area contributed by atoms with Crippen LogP contribution in [0, 0.1) is 5.92 Å². The average molecular weight is 523 g/mol. The molecule has 0 atom stereocenters. The van der Waals surface area contributed by atoms with Gasteiger partial charge >= 0.3 is 0 Å². The Kier molecular flexibility index (Phi) is 8.07. The number of rotatable bonds is 9. The van der Waals surface area contributed by atoms with Crippen LogP contribution in [0.3, 0.4) is 0 Å². The van der Waals surface area contributed by atoms with Crippen molar-refractivity contribution in [1.82, 2.24) is 14.5 Å². The van der Waals surface area contributed by atoms with Crippen molar-refractivity contribution >= 4 is 40.7 Å². The van der Waals surface area contributed by atoms with E-state index in [1.54, 1.807) is 34.8 Å². The Balaban J connectivity index is 1.64. The molecule has 0 aliphatic heterocycles. The molecule has 9 heteroatoms. The highest BCUT2D eigenvalue weighted by Gasteiger charge is 2.22. The smallest absolute Gasteiger partial charge is 0.264 e. The van der Waals surface area contributed by atoms with Crippen LogP contribution in [0.4, 0.5) is 5.95 Å². The molecular weight excluding hydrogens is 496 g/mol. The molecule has 4 rings (SSSR count). The van der Waals surface area contributed by atoms with Crippen LogP contribution in [0.1, 0.15) is 23.5 Å². The summed E-state index contributed by atoms with van der Waals surface area (Å²) in [4.78, 5) is 33.1. The molecule has 0 aliphatic carbocycles. The summed E-state index contributed by atoms with van der Waals surface area (Å²) in [5.74, 6) is 0.726. The highest BCUT2D eigenvalue weighted by molar-refractivity contribution is 7.12. The van der Waals surface area contributed by atoms with Crippen LogP contribution >= 0.6 is 22.9 Å². The van der Waals surface area contributed by atoms with Gasteiger partial charge in [0.2, 0.25) is 11.9 Å². The molecule has 186 valence electrons. The number of anilines is 1. The first kappa shape index (κ1) is 25.5. The van der Waals surface area contributed by atoms with E-state index in [1.807, 2.05) is 67.9 Å². The fourth-order valence-electron chi connectivity index (χ4n) is 3.74. The first-order chi connectivity index (χ1) is 17.3. The number of imidazole rings is 1. The Hall–Kier alpha value is -3.62.